The fourth-order valence-corrected chi connectivity index (χ4v) is 0.786. The lowest BCUT2D eigenvalue weighted by Gasteiger charge is -1.94. The number of hydrogen-bond donors (Lipinski definition) is 2. The minimum Gasteiger partial charge on any atom is -0.337 e. The van der Waals surface area contributed by atoms with Crippen LogP contribution in [0.15, 0.2) is 12.4 Å². The van der Waals surface area contributed by atoms with Crippen molar-refractivity contribution >= 4 is 12.2 Å². The normalized spacial score (nSPS) is 9.70. The average Bonchev–Trinajstić information content (AvgIpc) is 1.95. The van der Waals surface area contributed by atoms with Crippen molar-refractivity contribution in [2.75, 3.05) is 6.54 Å². The summed E-state index contributed by atoms with van der Waals surface area (Å²) in [5, 5.41) is 0. The topological polar surface area (TPSA) is 54.7 Å². The summed E-state index contributed by atoms with van der Waals surface area (Å²) in [6.45, 7) is 0.645. The number of aromatic nitrogens is 2. The van der Waals surface area contributed by atoms with Gasteiger partial charge in [0.25, 0.3) is 0 Å². The van der Waals surface area contributed by atoms with Crippen molar-refractivity contribution < 1.29 is 0 Å². The van der Waals surface area contributed by atoms with E-state index in [-0.39, 0.29) is 0 Å². The van der Waals surface area contributed by atoms with E-state index < -0.39 is 0 Å². The van der Waals surface area contributed by atoms with Crippen molar-refractivity contribution in [1.29, 1.82) is 0 Å². The molecule has 1 rings (SSSR count). The zero-order valence-electron chi connectivity index (χ0n) is 5.50. The lowest BCUT2D eigenvalue weighted by Crippen LogP contribution is -2.03. The van der Waals surface area contributed by atoms with E-state index in [1.165, 1.54) is 0 Å². The summed E-state index contributed by atoms with van der Waals surface area (Å²) in [6, 6.07) is 0. The van der Waals surface area contributed by atoms with Crippen LogP contribution < -0.4 is 5.73 Å². The third-order valence-electron chi connectivity index (χ3n) is 1.16. The number of aromatic amines is 1. The zero-order valence-corrected chi connectivity index (χ0v) is 6.32. The van der Waals surface area contributed by atoms with Gasteiger partial charge in [-0.15, -0.1) is 0 Å². The van der Waals surface area contributed by atoms with Crippen LogP contribution in [0.4, 0.5) is 0 Å². The maximum absolute atomic E-state index is 5.33. The molecule has 1 heterocycles. The highest BCUT2D eigenvalue weighted by Crippen LogP contribution is 1.92. The maximum atomic E-state index is 5.33. The van der Waals surface area contributed by atoms with Crippen LogP contribution in [0.3, 0.4) is 0 Å². The standard InChI is InChI=1S/C6H9N3S/c7-2-1-5-3-8-6(10)9-4-5/h3-4H,1-2,7H2,(H,8,9,10). The lowest BCUT2D eigenvalue weighted by atomic mass is 10.2. The Bertz CT molecular complexity index is 235. The highest BCUT2D eigenvalue weighted by atomic mass is 32.1. The molecule has 0 aliphatic carbocycles. The van der Waals surface area contributed by atoms with Gasteiger partial charge in [0.2, 0.25) is 0 Å². The number of hydrogen-bond acceptors (Lipinski definition) is 3. The van der Waals surface area contributed by atoms with Crippen LogP contribution in [-0.2, 0) is 6.42 Å². The van der Waals surface area contributed by atoms with E-state index in [0.717, 1.165) is 12.0 Å². The Labute approximate surface area is 64.3 Å². The molecule has 0 bridgehead atoms. The highest BCUT2D eigenvalue weighted by molar-refractivity contribution is 7.71. The molecule has 0 aliphatic rings. The van der Waals surface area contributed by atoms with Gasteiger partial charge < -0.3 is 10.7 Å². The lowest BCUT2D eigenvalue weighted by molar-refractivity contribution is 0.936. The van der Waals surface area contributed by atoms with Gasteiger partial charge in [0.05, 0.1) is 0 Å². The van der Waals surface area contributed by atoms with Crippen LogP contribution >= 0.6 is 12.2 Å². The first kappa shape index (κ1) is 7.37. The van der Waals surface area contributed by atoms with E-state index >= 15 is 0 Å². The van der Waals surface area contributed by atoms with Crippen LogP contribution in [0, 0.1) is 4.77 Å². The minimum atomic E-state index is 0.515. The Morgan fingerprint density at radius 1 is 1.70 bits per heavy atom. The molecule has 0 aromatic carbocycles. The molecule has 10 heavy (non-hydrogen) atoms. The van der Waals surface area contributed by atoms with E-state index in [1.807, 2.05) is 6.20 Å². The second-order valence-electron chi connectivity index (χ2n) is 1.97. The zero-order chi connectivity index (χ0) is 7.40. The minimum absolute atomic E-state index is 0.515. The molecular weight excluding hydrogens is 146 g/mol. The molecular formula is C6H9N3S. The first-order chi connectivity index (χ1) is 4.83. The summed E-state index contributed by atoms with van der Waals surface area (Å²) in [5.41, 5.74) is 6.42. The number of nitrogens with two attached hydrogens (primary N) is 1. The van der Waals surface area contributed by atoms with Crippen LogP contribution in [-0.4, -0.2) is 16.5 Å². The van der Waals surface area contributed by atoms with Crippen LogP contribution in [0.25, 0.3) is 0 Å². The van der Waals surface area contributed by atoms with Gasteiger partial charge in [-0.05, 0) is 30.7 Å². The Morgan fingerprint density at radius 2 is 2.50 bits per heavy atom. The van der Waals surface area contributed by atoms with E-state index in [0.29, 0.717) is 11.3 Å². The van der Waals surface area contributed by atoms with E-state index in [9.17, 15) is 0 Å². The molecule has 0 atom stereocenters. The molecule has 3 nitrogen and oxygen atoms in total. The third kappa shape index (κ3) is 1.89. The first-order valence-corrected chi connectivity index (χ1v) is 3.47. The Morgan fingerprint density at radius 3 is 3.00 bits per heavy atom. The molecule has 0 amide bonds. The fourth-order valence-electron chi connectivity index (χ4n) is 0.674. The largest absolute Gasteiger partial charge is 0.337 e. The monoisotopic (exact) mass is 155 g/mol. The molecule has 1 aromatic rings. The summed E-state index contributed by atoms with van der Waals surface area (Å²) < 4.78 is 0.515. The van der Waals surface area contributed by atoms with Crippen molar-refractivity contribution in [3.8, 4) is 0 Å². The fraction of sp³-hybridized carbons (Fsp3) is 0.333. The molecule has 0 radical (unpaired) electrons. The Hall–Kier alpha value is -0.740. The summed E-state index contributed by atoms with van der Waals surface area (Å²) >= 11 is 4.76. The van der Waals surface area contributed by atoms with E-state index in [1.54, 1.807) is 6.20 Å². The average molecular weight is 155 g/mol. The molecule has 0 saturated carbocycles. The molecule has 0 saturated heterocycles. The summed E-state index contributed by atoms with van der Waals surface area (Å²) in [4.78, 5) is 6.73. The van der Waals surface area contributed by atoms with Gasteiger partial charge in [0, 0.05) is 12.4 Å². The van der Waals surface area contributed by atoms with Crippen molar-refractivity contribution in [3.63, 3.8) is 0 Å². The van der Waals surface area contributed by atoms with Crippen LogP contribution in [0.5, 0.6) is 0 Å². The number of H-pyrrole nitrogens is 1. The summed E-state index contributed by atoms with van der Waals surface area (Å²) in [6.07, 6.45) is 4.42. The Balaban J connectivity index is 2.79. The third-order valence-corrected chi connectivity index (χ3v) is 1.38. The first-order valence-electron chi connectivity index (χ1n) is 3.06. The summed E-state index contributed by atoms with van der Waals surface area (Å²) in [7, 11) is 0. The molecule has 0 unspecified atom stereocenters. The van der Waals surface area contributed by atoms with Gasteiger partial charge in [-0.2, -0.15) is 0 Å². The molecule has 3 N–H and O–H groups in total. The maximum Gasteiger partial charge on any atom is 0.196 e. The SMILES string of the molecule is NCCc1cnc(=S)[nH]c1. The quantitative estimate of drug-likeness (QED) is 0.616. The van der Waals surface area contributed by atoms with Gasteiger partial charge in [-0.3, -0.25) is 0 Å². The predicted octanol–water partition coefficient (Wildman–Crippen LogP) is 0.640. The highest BCUT2D eigenvalue weighted by Gasteiger charge is 1.87. The second-order valence-corrected chi connectivity index (χ2v) is 2.35. The second kappa shape index (κ2) is 3.43. The molecule has 1 aromatic heterocycles. The molecule has 0 aliphatic heterocycles. The number of nitrogens with zero attached hydrogens (tertiary/aromatic N) is 1. The van der Waals surface area contributed by atoms with Crippen LogP contribution in [0.2, 0.25) is 0 Å². The van der Waals surface area contributed by atoms with Gasteiger partial charge in [0.1, 0.15) is 0 Å². The Kier molecular flexibility index (Phi) is 2.53. The molecule has 0 fully saturated rings. The van der Waals surface area contributed by atoms with Crippen molar-refractivity contribution in [2.45, 2.75) is 6.42 Å². The van der Waals surface area contributed by atoms with Crippen molar-refractivity contribution in [3.05, 3.63) is 22.7 Å². The predicted molar refractivity (Wildman–Crippen MR) is 42.2 cm³/mol. The molecule has 54 valence electrons. The smallest absolute Gasteiger partial charge is 0.196 e. The van der Waals surface area contributed by atoms with Crippen molar-refractivity contribution in [1.82, 2.24) is 9.97 Å². The number of rotatable bonds is 2. The molecule has 0 spiro atoms. The van der Waals surface area contributed by atoms with Crippen LogP contribution in [0.1, 0.15) is 5.56 Å². The van der Waals surface area contributed by atoms with E-state index in [2.05, 4.69) is 9.97 Å². The van der Waals surface area contributed by atoms with Gasteiger partial charge in [-0.25, -0.2) is 4.98 Å². The van der Waals surface area contributed by atoms with Gasteiger partial charge in [0.15, 0.2) is 4.77 Å². The molecule has 4 heteroatoms. The van der Waals surface area contributed by atoms with Crippen molar-refractivity contribution in [2.24, 2.45) is 5.73 Å². The van der Waals surface area contributed by atoms with Gasteiger partial charge >= 0.3 is 0 Å². The summed E-state index contributed by atoms with van der Waals surface area (Å²) in [5.74, 6) is 0. The van der Waals surface area contributed by atoms with Gasteiger partial charge in [-0.1, -0.05) is 0 Å². The number of nitrogens with one attached hydrogen (secondary N) is 1. The van der Waals surface area contributed by atoms with E-state index in [4.69, 9.17) is 18.0 Å².